The fraction of sp³-hybridized carbons (Fsp3) is 0.125. The van der Waals surface area contributed by atoms with Gasteiger partial charge in [0, 0.05) is 10.7 Å². The predicted octanol–water partition coefficient (Wildman–Crippen LogP) is 3.08. The van der Waals surface area contributed by atoms with Crippen molar-refractivity contribution in [3.63, 3.8) is 0 Å². The lowest BCUT2D eigenvalue weighted by Crippen LogP contribution is -2.43. The molecular weight excluding hydrogens is 350 g/mol. The number of nitrogens with one attached hydrogen (secondary N) is 3. The lowest BCUT2D eigenvalue weighted by Gasteiger charge is -2.12. The Balaban J connectivity index is 1.88. The zero-order chi connectivity index (χ0) is 17.5. The maximum absolute atomic E-state index is 12.0. The molecule has 0 unspecified atom stereocenters. The van der Waals surface area contributed by atoms with Gasteiger partial charge in [-0.1, -0.05) is 11.6 Å². The van der Waals surface area contributed by atoms with Crippen LogP contribution in [0, 0.1) is 0 Å². The molecule has 0 saturated heterocycles. The third kappa shape index (κ3) is 5.00. The maximum Gasteiger partial charge on any atom is 0.273 e. The van der Waals surface area contributed by atoms with Crippen LogP contribution in [-0.4, -0.2) is 22.7 Å². The Morgan fingerprint density at radius 3 is 2.58 bits per heavy atom. The molecule has 2 rings (SSSR count). The van der Waals surface area contributed by atoms with Gasteiger partial charge in [-0.05, 0) is 61.6 Å². The number of benzene rings is 2. The third-order valence-corrected chi connectivity index (χ3v) is 3.36. The van der Waals surface area contributed by atoms with Gasteiger partial charge in [-0.25, -0.2) is 0 Å². The first-order valence-electron chi connectivity index (χ1n) is 7.08. The smallest absolute Gasteiger partial charge is 0.273 e. The summed E-state index contributed by atoms with van der Waals surface area (Å²) >= 11 is 10.9. The molecule has 0 aliphatic carbocycles. The number of carbonyl (C=O) groups is 1. The Hall–Kier alpha value is -2.51. The normalized spacial score (nSPS) is 9.92. The van der Waals surface area contributed by atoms with Gasteiger partial charge in [-0.3, -0.25) is 15.6 Å². The van der Waals surface area contributed by atoms with Crippen molar-refractivity contribution in [2.45, 2.75) is 6.92 Å². The van der Waals surface area contributed by atoms with E-state index in [-0.39, 0.29) is 16.4 Å². The van der Waals surface area contributed by atoms with Crippen LogP contribution in [-0.2, 0) is 0 Å². The standard InChI is InChI=1S/C16H16ClN3O3S/c1-2-23-12-6-4-11(5-7-12)18-16(24)20-19-15(22)13-9-10(17)3-8-14(13)21/h3-9,21H,2H2,1H3,(H,19,22)(H2,18,20,24). The topological polar surface area (TPSA) is 82.6 Å². The molecule has 0 heterocycles. The van der Waals surface area contributed by atoms with Gasteiger partial charge < -0.3 is 15.2 Å². The highest BCUT2D eigenvalue weighted by Crippen LogP contribution is 2.21. The van der Waals surface area contributed by atoms with Gasteiger partial charge in [0.25, 0.3) is 5.91 Å². The zero-order valence-corrected chi connectivity index (χ0v) is 14.4. The van der Waals surface area contributed by atoms with E-state index >= 15 is 0 Å². The monoisotopic (exact) mass is 365 g/mol. The summed E-state index contributed by atoms with van der Waals surface area (Å²) < 4.78 is 5.35. The summed E-state index contributed by atoms with van der Waals surface area (Å²) in [5, 5.41) is 13.1. The molecule has 0 aliphatic rings. The van der Waals surface area contributed by atoms with Crippen molar-refractivity contribution in [2.24, 2.45) is 0 Å². The summed E-state index contributed by atoms with van der Waals surface area (Å²) in [6.45, 7) is 2.50. The van der Waals surface area contributed by atoms with E-state index in [9.17, 15) is 9.90 Å². The summed E-state index contributed by atoms with van der Waals surface area (Å²) in [6, 6.07) is 11.4. The van der Waals surface area contributed by atoms with E-state index in [4.69, 9.17) is 28.6 Å². The second-order valence-corrected chi connectivity index (χ2v) is 5.50. The van der Waals surface area contributed by atoms with E-state index in [1.165, 1.54) is 18.2 Å². The summed E-state index contributed by atoms with van der Waals surface area (Å²) in [7, 11) is 0. The lowest BCUT2D eigenvalue weighted by atomic mass is 10.2. The second kappa shape index (κ2) is 8.37. The molecule has 2 aromatic carbocycles. The van der Waals surface area contributed by atoms with E-state index in [2.05, 4.69) is 16.2 Å². The van der Waals surface area contributed by atoms with Crippen molar-refractivity contribution < 1.29 is 14.6 Å². The number of ether oxygens (including phenoxy) is 1. The molecule has 0 spiro atoms. The highest BCUT2D eigenvalue weighted by molar-refractivity contribution is 7.80. The van der Waals surface area contributed by atoms with Gasteiger partial charge in [-0.15, -0.1) is 0 Å². The first-order valence-corrected chi connectivity index (χ1v) is 7.87. The molecule has 0 aliphatic heterocycles. The second-order valence-electron chi connectivity index (χ2n) is 4.65. The van der Waals surface area contributed by atoms with Crippen LogP contribution in [0.4, 0.5) is 5.69 Å². The number of carbonyl (C=O) groups excluding carboxylic acids is 1. The van der Waals surface area contributed by atoms with Crippen LogP contribution in [0.3, 0.4) is 0 Å². The van der Waals surface area contributed by atoms with Gasteiger partial charge in [-0.2, -0.15) is 0 Å². The zero-order valence-electron chi connectivity index (χ0n) is 12.8. The fourth-order valence-electron chi connectivity index (χ4n) is 1.83. The molecule has 2 aromatic rings. The quantitative estimate of drug-likeness (QED) is 0.492. The van der Waals surface area contributed by atoms with Crippen LogP contribution in [0.2, 0.25) is 5.02 Å². The summed E-state index contributed by atoms with van der Waals surface area (Å²) in [6.07, 6.45) is 0. The minimum Gasteiger partial charge on any atom is -0.507 e. The molecule has 0 bridgehead atoms. The number of hydrogen-bond donors (Lipinski definition) is 4. The third-order valence-electron chi connectivity index (χ3n) is 2.92. The molecule has 8 heteroatoms. The number of phenols is 1. The van der Waals surface area contributed by atoms with Crippen molar-refractivity contribution in [1.29, 1.82) is 0 Å². The van der Waals surface area contributed by atoms with E-state index < -0.39 is 5.91 Å². The Bertz CT molecular complexity index is 738. The van der Waals surface area contributed by atoms with Crippen molar-refractivity contribution in [3.05, 3.63) is 53.1 Å². The van der Waals surface area contributed by atoms with Gasteiger partial charge in [0.1, 0.15) is 11.5 Å². The van der Waals surface area contributed by atoms with E-state index in [0.29, 0.717) is 11.6 Å². The van der Waals surface area contributed by atoms with Crippen LogP contribution in [0.1, 0.15) is 17.3 Å². The Labute approximate surface area is 149 Å². The Kier molecular flexibility index (Phi) is 6.22. The molecule has 0 saturated carbocycles. The summed E-state index contributed by atoms with van der Waals surface area (Å²) in [4.78, 5) is 12.0. The minimum absolute atomic E-state index is 0.0406. The molecular formula is C16H16ClN3O3S. The first-order chi connectivity index (χ1) is 11.5. The molecule has 6 nitrogen and oxygen atoms in total. The number of hydrogen-bond acceptors (Lipinski definition) is 4. The Morgan fingerprint density at radius 2 is 1.92 bits per heavy atom. The van der Waals surface area contributed by atoms with Gasteiger partial charge >= 0.3 is 0 Å². The number of thiocarbonyl (C=S) groups is 1. The van der Waals surface area contributed by atoms with E-state index in [1.54, 1.807) is 24.3 Å². The fourth-order valence-corrected chi connectivity index (χ4v) is 2.18. The van der Waals surface area contributed by atoms with Crippen LogP contribution >= 0.6 is 23.8 Å². The van der Waals surface area contributed by atoms with Crippen LogP contribution in [0.5, 0.6) is 11.5 Å². The predicted molar refractivity (Wildman–Crippen MR) is 97.6 cm³/mol. The van der Waals surface area contributed by atoms with Crippen LogP contribution < -0.4 is 20.9 Å². The van der Waals surface area contributed by atoms with Crippen molar-refractivity contribution in [3.8, 4) is 11.5 Å². The molecule has 24 heavy (non-hydrogen) atoms. The van der Waals surface area contributed by atoms with Crippen molar-refractivity contribution >= 4 is 40.5 Å². The molecule has 126 valence electrons. The number of phenolic OH excluding ortho intramolecular Hbond substituents is 1. The number of amides is 1. The maximum atomic E-state index is 12.0. The highest BCUT2D eigenvalue weighted by Gasteiger charge is 2.11. The van der Waals surface area contributed by atoms with Gasteiger partial charge in [0.05, 0.1) is 12.2 Å². The average molecular weight is 366 g/mol. The minimum atomic E-state index is -0.564. The van der Waals surface area contributed by atoms with Gasteiger partial charge in [0.15, 0.2) is 5.11 Å². The molecule has 0 aromatic heterocycles. The molecule has 1 amide bonds. The largest absolute Gasteiger partial charge is 0.507 e. The highest BCUT2D eigenvalue weighted by atomic mass is 35.5. The first kappa shape index (κ1) is 17.8. The Morgan fingerprint density at radius 1 is 1.21 bits per heavy atom. The van der Waals surface area contributed by atoms with Crippen molar-refractivity contribution in [2.75, 3.05) is 11.9 Å². The molecule has 0 fully saturated rings. The summed E-state index contributed by atoms with van der Waals surface area (Å²) in [5.74, 6) is 0.0154. The van der Waals surface area contributed by atoms with Crippen LogP contribution in [0.15, 0.2) is 42.5 Å². The number of aromatic hydroxyl groups is 1. The van der Waals surface area contributed by atoms with E-state index in [1.807, 2.05) is 6.92 Å². The van der Waals surface area contributed by atoms with Crippen molar-refractivity contribution in [1.82, 2.24) is 10.9 Å². The number of hydrazine groups is 1. The summed E-state index contributed by atoms with van der Waals surface area (Å²) in [5.41, 5.74) is 5.71. The molecule has 4 N–H and O–H groups in total. The number of rotatable bonds is 4. The van der Waals surface area contributed by atoms with E-state index in [0.717, 1.165) is 11.4 Å². The molecule has 0 atom stereocenters. The lowest BCUT2D eigenvalue weighted by molar-refractivity contribution is 0.0941. The number of anilines is 1. The van der Waals surface area contributed by atoms with Crippen LogP contribution in [0.25, 0.3) is 0 Å². The number of halogens is 1. The van der Waals surface area contributed by atoms with Gasteiger partial charge in [0.2, 0.25) is 0 Å². The average Bonchev–Trinajstić information content (AvgIpc) is 2.57. The SMILES string of the molecule is CCOc1ccc(NC(=S)NNC(=O)c2cc(Cl)ccc2O)cc1. The molecule has 0 radical (unpaired) electrons.